The first kappa shape index (κ1) is 16.1. The lowest BCUT2D eigenvalue weighted by Crippen LogP contribution is -2.42. The average molecular weight is 287 g/mol. The lowest BCUT2D eigenvalue weighted by molar-refractivity contribution is -0.135. The standard InChI is InChI=1S/C19H29NO/c1-5-16(15(4)17-9-7-6-8-10-17)13-20(14(2)3)19(21)18-11-12-18/h6-10,14-16,18H,5,11-13H2,1-4H3. The first-order valence-corrected chi connectivity index (χ1v) is 8.40. The fourth-order valence-electron chi connectivity index (χ4n) is 3.04. The van der Waals surface area contributed by atoms with Gasteiger partial charge in [0.25, 0.3) is 0 Å². The zero-order valence-electron chi connectivity index (χ0n) is 13.9. The third-order valence-electron chi connectivity index (χ3n) is 4.82. The molecule has 0 radical (unpaired) electrons. The Hall–Kier alpha value is -1.31. The Morgan fingerprint density at radius 3 is 2.29 bits per heavy atom. The zero-order valence-corrected chi connectivity index (χ0v) is 13.9. The number of nitrogens with zero attached hydrogens (tertiary/aromatic N) is 1. The Labute approximate surface area is 129 Å². The van der Waals surface area contributed by atoms with Gasteiger partial charge in [-0.2, -0.15) is 0 Å². The molecule has 1 amide bonds. The van der Waals surface area contributed by atoms with Gasteiger partial charge in [0.15, 0.2) is 0 Å². The van der Waals surface area contributed by atoms with Gasteiger partial charge in [-0.05, 0) is 44.1 Å². The molecule has 1 aliphatic rings. The number of hydrogen-bond acceptors (Lipinski definition) is 1. The second-order valence-electron chi connectivity index (χ2n) is 6.73. The molecule has 0 bridgehead atoms. The predicted octanol–water partition coefficient (Wildman–Crippen LogP) is 4.46. The van der Waals surface area contributed by atoms with E-state index in [0.717, 1.165) is 25.8 Å². The quantitative estimate of drug-likeness (QED) is 0.725. The van der Waals surface area contributed by atoms with Gasteiger partial charge >= 0.3 is 0 Å². The fourth-order valence-corrected chi connectivity index (χ4v) is 3.04. The van der Waals surface area contributed by atoms with Crippen molar-refractivity contribution in [1.82, 2.24) is 4.90 Å². The third kappa shape index (κ3) is 4.09. The van der Waals surface area contributed by atoms with Crippen LogP contribution in [0.4, 0.5) is 0 Å². The van der Waals surface area contributed by atoms with Crippen LogP contribution in [0.1, 0.15) is 58.4 Å². The molecule has 0 aromatic heterocycles. The van der Waals surface area contributed by atoms with Crippen molar-refractivity contribution in [3.63, 3.8) is 0 Å². The molecule has 2 atom stereocenters. The van der Waals surface area contributed by atoms with E-state index in [1.807, 2.05) is 0 Å². The van der Waals surface area contributed by atoms with E-state index in [1.54, 1.807) is 0 Å². The van der Waals surface area contributed by atoms with E-state index >= 15 is 0 Å². The number of carbonyl (C=O) groups is 1. The Bertz CT molecular complexity index is 450. The molecule has 2 nitrogen and oxygen atoms in total. The summed E-state index contributed by atoms with van der Waals surface area (Å²) < 4.78 is 0. The summed E-state index contributed by atoms with van der Waals surface area (Å²) in [5.41, 5.74) is 1.38. The van der Waals surface area contributed by atoms with Crippen LogP contribution in [0.2, 0.25) is 0 Å². The smallest absolute Gasteiger partial charge is 0.225 e. The Balaban J connectivity index is 2.07. The van der Waals surface area contributed by atoms with E-state index in [0.29, 0.717) is 29.7 Å². The van der Waals surface area contributed by atoms with Gasteiger partial charge in [-0.1, -0.05) is 50.6 Å². The number of hydrogen-bond donors (Lipinski definition) is 0. The molecular weight excluding hydrogens is 258 g/mol. The fraction of sp³-hybridized carbons (Fsp3) is 0.632. The van der Waals surface area contributed by atoms with E-state index in [-0.39, 0.29) is 0 Å². The Morgan fingerprint density at radius 1 is 1.19 bits per heavy atom. The van der Waals surface area contributed by atoms with Crippen molar-refractivity contribution < 1.29 is 4.79 Å². The summed E-state index contributed by atoms with van der Waals surface area (Å²) in [5, 5.41) is 0. The van der Waals surface area contributed by atoms with Crippen LogP contribution in [-0.2, 0) is 4.79 Å². The maximum atomic E-state index is 12.5. The SMILES string of the molecule is CCC(CN(C(=O)C1CC1)C(C)C)C(C)c1ccccc1. The highest BCUT2D eigenvalue weighted by Gasteiger charge is 2.35. The maximum absolute atomic E-state index is 12.5. The number of rotatable bonds is 7. The highest BCUT2D eigenvalue weighted by Crippen LogP contribution is 2.34. The molecule has 0 saturated heterocycles. The highest BCUT2D eigenvalue weighted by atomic mass is 16.2. The van der Waals surface area contributed by atoms with E-state index in [1.165, 1.54) is 5.56 Å². The van der Waals surface area contributed by atoms with E-state index in [9.17, 15) is 4.79 Å². The molecule has 0 heterocycles. The average Bonchev–Trinajstić information content (AvgIpc) is 3.32. The molecule has 0 spiro atoms. The molecule has 2 rings (SSSR count). The minimum absolute atomic E-state index is 0.301. The second-order valence-corrected chi connectivity index (χ2v) is 6.73. The van der Waals surface area contributed by atoms with E-state index < -0.39 is 0 Å². The number of amides is 1. The van der Waals surface area contributed by atoms with Gasteiger partial charge in [-0.3, -0.25) is 4.79 Å². The zero-order chi connectivity index (χ0) is 15.4. The largest absolute Gasteiger partial charge is 0.340 e. The first-order chi connectivity index (χ1) is 10.0. The summed E-state index contributed by atoms with van der Waals surface area (Å²) in [6, 6.07) is 11.0. The molecule has 0 N–H and O–H groups in total. The normalized spacial score (nSPS) is 17.6. The molecule has 116 valence electrons. The lowest BCUT2D eigenvalue weighted by Gasteiger charge is -2.33. The van der Waals surface area contributed by atoms with Crippen molar-refractivity contribution >= 4 is 5.91 Å². The van der Waals surface area contributed by atoms with Crippen LogP contribution in [0, 0.1) is 11.8 Å². The molecule has 0 aliphatic heterocycles. The van der Waals surface area contributed by atoms with Crippen LogP contribution >= 0.6 is 0 Å². The van der Waals surface area contributed by atoms with Crippen molar-refractivity contribution in [2.45, 2.75) is 58.9 Å². The summed E-state index contributed by atoms with van der Waals surface area (Å²) in [6.07, 6.45) is 3.29. The molecular formula is C19H29NO. The van der Waals surface area contributed by atoms with Gasteiger partial charge in [0.2, 0.25) is 5.91 Å². The van der Waals surface area contributed by atoms with E-state index in [4.69, 9.17) is 0 Å². The minimum atomic E-state index is 0.301. The van der Waals surface area contributed by atoms with Crippen LogP contribution < -0.4 is 0 Å². The number of benzene rings is 1. The van der Waals surface area contributed by atoms with Crippen LogP contribution in [0.5, 0.6) is 0 Å². The molecule has 1 fully saturated rings. The van der Waals surface area contributed by atoms with Crippen molar-refractivity contribution in [1.29, 1.82) is 0 Å². The number of carbonyl (C=O) groups excluding carboxylic acids is 1. The maximum Gasteiger partial charge on any atom is 0.225 e. The molecule has 2 heteroatoms. The lowest BCUT2D eigenvalue weighted by atomic mass is 9.85. The van der Waals surface area contributed by atoms with Crippen molar-refractivity contribution in [2.24, 2.45) is 11.8 Å². The summed E-state index contributed by atoms with van der Waals surface area (Å²) in [7, 11) is 0. The molecule has 1 aliphatic carbocycles. The summed E-state index contributed by atoms with van der Waals surface area (Å²) in [6.45, 7) is 9.70. The van der Waals surface area contributed by atoms with Gasteiger partial charge in [0, 0.05) is 18.5 Å². The first-order valence-electron chi connectivity index (χ1n) is 8.40. The van der Waals surface area contributed by atoms with Crippen LogP contribution in [0.3, 0.4) is 0 Å². The molecule has 21 heavy (non-hydrogen) atoms. The van der Waals surface area contributed by atoms with Gasteiger partial charge < -0.3 is 4.90 Å². The summed E-state index contributed by atoms with van der Waals surface area (Å²) in [4.78, 5) is 14.6. The van der Waals surface area contributed by atoms with Crippen molar-refractivity contribution in [2.75, 3.05) is 6.54 Å². The van der Waals surface area contributed by atoms with Gasteiger partial charge in [-0.25, -0.2) is 0 Å². The highest BCUT2D eigenvalue weighted by molar-refractivity contribution is 5.81. The topological polar surface area (TPSA) is 20.3 Å². The molecule has 1 aromatic carbocycles. The second kappa shape index (κ2) is 7.11. The van der Waals surface area contributed by atoms with Gasteiger partial charge in [-0.15, -0.1) is 0 Å². The Morgan fingerprint density at radius 2 is 1.81 bits per heavy atom. The molecule has 1 aromatic rings. The van der Waals surface area contributed by atoms with Crippen molar-refractivity contribution in [3.05, 3.63) is 35.9 Å². The molecule has 1 saturated carbocycles. The van der Waals surface area contributed by atoms with Crippen LogP contribution in [0.25, 0.3) is 0 Å². The van der Waals surface area contributed by atoms with Gasteiger partial charge in [0.05, 0.1) is 0 Å². The Kier molecular flexibility index (Phi) is 5.44. The van der Waals surface area contributed by atoms with E-state index in [2.05, 4.69) is 62.9 Å². The monoisotopic (exact) mass is 287 g/mol. The van der Waals surface area contributed by atoms with Gasteiger partial charge in [0.1, 0.15) is 0 Å². The summed E-state index contributed by atoms with van der Waals surface area (Å²) >= 11 is 0. The molecule has 2 unspecified atom stereocenters. The van der Waals surface area contributed by atoms with Crippen LogP contribution in [0.15, 0.2) is 30.3 Å². The predicted molar refractivity (Wildman–Crippen MR) is 88.2 cm³/mol. The summed E-state index contributed by atoms with van der Waals surface area (Å²) in [5.74, 6) is 1.71. The third-order valence-corrected chi connectivity index (χ3v) is 4.82. The minimum Gasteiger partial charge on any atom is -0.340 e. The van der Waals surface area contributed by atoms with Crippen molar-refractivity contribution in [3.8, 4) is 0 Å². The van der Waals surface area contributed by atoms with Crippen LogP contribution in [-0.4, -0.2) is 23.4 Å².